The van der Waals surface area contributed by atoms with E-state index in [4.69, 9.17) is 9.47 Å². The van der Waals surface area contributed by atoms with E-state index in [0.29, 0.717) is 17.1 Å². The van der Waals surface area contributed by atoms with Crippen molar-refractivity contribution in [2.24, 2.45) is 0 Å². The maximum atomic E-state index is 13.4. The molecule has 0 aromatic heterocycles. The maximum absolute atomic E-state index is 13.4. The third kappa shape index (κ3) is 4.98. The number of Topliss-reactive ketones (excluding diaryl/α,β-unsaturated/α-hetero) is 1. The summed E-state index contributed by atoms with van der Waals surface area (Å²) in [6, 6.07) is 19.6. The van der Waals surface area contributed by atoms with Gasteiger partial charge in [-0.1, -0.05) is 42.0 Å². The molecule has 1 unspecified atom stereocenters. The van der Waals surface area contributed by atoms with Crippen LogP contribution in [0.25, 0.3) is 5.76 Å². The van der Waals surface area contributed by atoms with Gasteiger partial charge in [0, 0.05) is 12.1 Å². The Balaban J connectivity index is 1.83. The summed E-state index contributed by atoms with van der Waals surface area (Å²) in [5.41, 5.74) is 3.93. The second kappa shape index (κ2) is 10.3. The van der Waals surface area contributed by atoms with Crippen LogP contribution in [0.4, 0.5) is 0 Å². The number of aliphatic hydroxyl groups excluding tert-OH is 1. The Morgan fingerprint density at radius 2 is 1.75 bits per heavy atom. The van der Waals surface area contributed by atoms with E-state index in [-0.39, 0.29) is 24.0 Å². The van der Waals surface area contributed by atoms with Gasteiger partial charge in [-0.2, -0.15) is 0 Å². The van der Waals surface area contributed by atoms with Crippen molar-refractivity contribution in [2.45, 2.75) is 46.4 Å². The number of likely N-dealkylation sites (tertiary alicyclic amines) is 1. The first-order valence-electron chi connectivity index (χ1n) is 11.9. The number of rotatable bonds is 7. The number of aliphatic hydroxyl groups is 1. The highest BCUT2D eigenvalue weighted by atomic mass is 16.5. The number of hydrogen-bond acceptors (Lipinski definition) is 5. The number of ketones is 1. The normalized spacial score (nSPS) is 17.1. The monoisotopic (exact) mass is 485 g/mol. The lowest BCUT2D eigenvalue weighted by atomic mass is 9.94. The van der Waals surface area contributed by atoms with Crippen LogP contribution in [0.3, 0.4) is 0 Å². The van der Waals surface area contributed by atoms with Gasteiger partial charge in [0.2, 0.25) is 0 Å². The van der Waals surface area contributed by atoms with Crippen molar-refractivity contribution in [3.63, 3.8) is 0 Å². The Morgan fingerprint density at radius 3 is 2.42 bits per heavy atom. The lowest BCUT2D eigenvalue weighted by molar-refractivity contribution is -0.140. The minimum absolute atomic E-state index is 0.00593. The van der Waals surface area contributed by atoms with Gasteiger partial charge in [-0.3, -0.25) is 9.59 Å². The van der Waals surface area contributed by atoms with Gasteiger partial charge in [-0.15, -0.1) is 0 Å². The Morgan fingerprint density at radius 1 is 1.00 bits per heavy atom. The maximum Gasteiger partial charge on any atom is 0.295 e. The highest BCUT2D eigenvalue weighted by molar-refractivity contribution is 6.46. The minimum atomic E-state index is -0.733. The van der Waals surface area contributed by atoms with Crippen LogP contribution in [0.2, 0.25) is 0 Å². The molecule has 6 heteroatoms. The molecular formula is C30H31NO5. The zero-order chi connectivity index (χ0) is 26.0. The first-order valence-corrected chi connectivity index (χ1v) is 11.9. The van der Waals surface area contributed by atoms with E-state index in [0.717, 1.165) is 22.3 Å². The van der Waals surface area contributed by atoms with Gasteiger partial charge in [0.05, 0.1) is 24.8 Å². The summed E-state index contributed by atoms with van der Waals surface area (Å²) in [5, 5.41) is 11.4. The molecule has 0 saturated carbocycles. The molecular weight excluding hydrogens is 454 g/mol. The molecule has 0 bridgehead atoms. The van der Waals surface area contributed by atoms with Crippen molar-refractivity contribution in [3.05, 3.63) is 100 Å². The van der Waals surface area contributed by atoms with Gasteiger partial charge < -0.3 is 19.5 Å². The molecule has 1 aliphatic rings. The van der Waals surface area contributed by atoms with Crippen molar-refractivity contribution in [1.82, 2.24) is 4.90 Å². The molecule has 6 nitrogen and oxygen atoms in total. The van der Waals surface area contributed by atoms with Gasteiger partial charge in [0.15, 0.2) is 0 Å². The fourth-order valence-corrected chi connectivity index (χ4v) is 4.54. The fourth-order valence-electron chi connectivity index (χ4n) is 4.54. The summed E-state index contributed by atoms with van der Waals surface area (Å²) in [6.07, 6.45) is 0.00593. The lowest BCUT2D eigenvalue weighted by Crippen LogP contribution is -2.29. The molecule has 3 aromatic carbocycles. The van der Waals surface area contributed by atoms with Gasteiger partial charge in [-0.05, 0) is 74.7 Å². The van der Waals surface area contributed by atoms with Gasteiger partial charge in [0.1, 0.15) is 17.3 Å². The summed E-state index contributed by atoms with van der Waals surface area (Å²) < 4.78 is 11.1. The lowest BCUT2D eigenvalue weighted by Gasteiger charge is -2.26. The highest BCUT2D eigenvalue weighted by Gasteiger charge is 2.46. The molecule has 3 aromatic rings. The predicted octanol–water partition coefficient (Wildman–Crippen LogP) is 5.72. The first kappa shape index (κ1) is 25.0. The van der Waals surface area contributed by atoms with Crippen molar-refractivity contribution < 1.29 is 24.2 Å². The van der Waals surface area contributed by atoms with Crippen LogP contribution in [0.1, 0.15) is 47.7 Å². The van der Waals surface area contributed by atoms with Crippen molar-refractivity contribution in [1.29, 1.82) is 0 Å². The molecule has 36 heavy (non-hydrogen) atoms. The van der Waals surface area contributed by atoms with Crippen LogP contribution in [0, 0.1) is 13.8 Å². The van der Waals surface area contributed by atoms with E-state index in [2.05, 4.69) is 0 Å². The molecule has 0 aliphatic carbocycles. The number of nitrogens with zero attached hydrogens (tertiary/aromatic N) is 1. The van der Waals surface area contributed by atoms with Crippen LogP contribution in [-0.2, 0) is 16.1 Å². The topological polar surface area (TPSA) is 76.1 Å². The van der Waals surface area contributed by atoms with Gasteiger partial charge >= 0.3 is 0 Å². The Hall–Kier alpha value is -4.06. The van der Waals surface area contributed by atoms with E-state index in [9.17, 15) is 14.7 Å². The number of carbonyl (C=O) groups excluding carboxylic acids is 2. The largest absolute Gasteiger partial charge is 0.507 e. The molecule has 1 atom stereocenters. The summed E-state index contributed by atoms with van der Waals surface area (Å²) in [6.45, 7) is 7.91. The molecule has 0 spiro atoms. The van der Waals surface area contributed by atoms with Crippen LogP contribution < -0.4 is 9.47 Å². The van der Waals surface area contributed by atoms with Crippen LogP contribution in [-0.4, -0.2) is 34.9 Å². The number of ether oxygens (including phenoxy) is 2. The standard InChI is InChI=1S/C30H31NO5/c1-18(2)36-25-13-12-23(15-20(25)4)28(32)26-27(22-10-6-8-19(3)14-22)31(30(34)29(26)33)17-21-9-7-11-24(16-21)35-5/h6-16,18,27,32H,17H2,1-5H3/b28-26-. The summed E-state index contributed by atoms with van der Waals surface area (Å²) >= 11 is 0. The molecule has 1 amide bonds. The van der Waals surface area contributed by atoms with Crippen LogP contribution in [0.5, 0.6) is 11.5 Å². The van der Waals surface area contributed by atoms with E-state index < -0.39 is 17.7 Å². The van der Waals surface area contributed by atoms with E-state index in [1.807, 2.05) is 76.2 Å². The third-order valence-corrected chi connectivity index (χ3v) is 6.20. The molecule has 1 fully saturated rings. The summed E-state index contributed by atoms with van der Waals surface area (Å²) in [4.78, 5) is 28.2. The highest BCUT2D eigenvalue weighted by Crippen LogP contribution is 2.41. The summed E-state index contributed by atoms with van der Waals surface area (Å²) in [7, 11) is 1.58. The Kier molecular flexibility index (Phi) is 7.15. The smallest absolute Gasteiger partial charge is 0.295 e. The average Bonchev–Trinajstić information content (AvgIpc) is 3.09. The number of methoxy groups -OCH3 is 1. The second-order valence-electron chi connectivity index (χ2n) is 9.34. The van der Waals surface area contributed by atoms with E-state index in [1.54, 1.807) is 25.3 Å². The van der Waals surface area contributed by atoms with Crippen LogP contribution in [0.15, 0.2) is 72.3 Å². The molecule has 186 valence electrons. The molecule has 0 radical (unpaired) electrons. The molecule has 1 saturated heterocycles. The Labute approximate surface area is 211 Å². The van der Waals surface area contributed by atoms with Gasteiger partial charge in [-0.25, -0.2) is 0 Å². The molecule has 1 aliphatic heterocycles. The van der Waals surface area contributed by atoms with Crippen LogP contribution >= 0.6 is 0 Å². The van der Waals surface area contributed by atoms with Gasteiger partial charge in [0.25, 0.3) is 11.7 Å². The number of aryl methyl sites for hydroxylation is 2. The first-order chi connectivity index (χ1) is 17.2. The third-order valence-electron chi connectivity index (χ3n) is 6.20. The predicted molar refractivity (Wildman–Crippen MR) is 139 cm³/mol. The van der Waals surface area contributed by atoms with E-state index >= 15 is 0 Å². The minimum Gasteiger partial charge on any atom is -0.507 e. The summed E-state index contributed by atoms with van der Waals surface area (Å²) in [5.74, 6) is -0.192. The van der Waals surface area contributed by atoms with Crippen molar-refractivity contribution >= 4 is 17.4 Å². The fraction of sp³-hybridized carbons (Fsp3) is 0.267. The molecule has 1 N–H and O–H groups in total. The second-order valence-corrected chi connectivity index (χ2v) is 9.34. The number of hydrogen-bond donors (Lipinski definition) is 1. The SMILES string of the molecule is COc1cccc(CN2C(=O)C(=O)/C(=C(\O)c3ccc(OC(C)C)c(C)c3)C2c2cccc(C)c2)c1. The quantitative estimate of drug-likeness (QED) is 0.263. The van der Waals surface area contributed by atoms with E-state index in [1.165, 1.54) is 4.90 Å². The molecule has 1 heterocycles. The number of benzene rings is 3. The Bertz CT molecular complexity index is 1340. The number of amides is 1. The average molecular weight is 486 g/mol. The number of carbonyl (C=O) groups is 2. The molecule has 4 rings (SSSR count). The zero-order valence-electron chi connectivity index (χ0n) is 21.2. The van der Waals surface area contributed by atoms with Crippen molar-refractivity contribution in [2.75, 3.05) is 7.11 Å². The van der Waals surface area contributed by atoms with Crippen molar-refractivity contribution in [3.8, 4) is 11.5 Å². The zero-order valence-corrected chi connectivity index (χ0v) is 21.2.